The summed E-state index contributed by atoms with van der Waals surface area (Å²) in [6.45, 7) is 4.09. The van der Waals surface area contributed by atoms with Gasteiger partial charge in [0.25, 0.3) is 10.9 Å². The number of anilines is 2. The fourth-order valence-corrected chi connectivity index (χ4v) is 2.21. The smallest absolute Gasteiger partial charge is 0.272 e. The third-order valence-corrected chi connectivity index (χ3v) is 3.20. The number of hydrogen-bond acceptors (Lipinski definition) is 4. The highest BCUT2D eigenvalue weighted by atomic mass is 79.9. The molecule has 0 saturated heterocycles. The molecule has 0 aliphatic rings. The molecular weight excluding hydrogens is 298 g/mol. The van der Waals surface area contributed by atoms with Gasteiger partial charge in [-0.05, 0) is 47.5 Å². The van der Waals surface area contributed by atoms with Crippen LogP contribution in [0.3, 0.4) is 0 Å². The van der Waals surface area contributed by atoms with Gasteiger partial charge in [-0.2, -0.15) is 0 Å². The monoisotopic (exact) mass is 309 g/mol. The predicted molar refractivity (Wildman–Crippen MR) is 74.7 cm³/mol. The third kappa shape index (κ3) is 2.18. The van der Waals surface area contributed by atoms with Gasteiger partial charge in [0.2, 0.25) is 0 Å². The van der Waals surface area contributed by atoms with Gasteiger partial charge in [0.15, 0.2) is 5.75 Å². The minimum Gasteiger partial charge on any atom is -0.488 e. The average Bonchev–Trinajstić information content (AvgIpc) is 2.35. The molecule has 0 bridgehead atoms. The molecule has 0 aliphatic heterocycles. The number of halogens is 1. The summed E-state index contributed by atoms with van der Waals surface area (Å²) < 4.78 is 5.97. The first-order valence-corrected chi connectivity index (χ1v) is 6.33. The van der Waals surface area contributed by atoms with Crippen molar-refractivity contribution in [2.45, 2.75) is 13.8 Å². The summed E-state index contributed by atoms with van der Waals surface area (Å²) in [5, 5.41) is 2.93. The Kier molecular flexibility index (Phi) is 3.52. The van der Waals surface area contributed by atoms with E-state index < -0.39 is 10.9 Å². The highest BCUT2D eigenvalue weighted by molar-refractivity contribution is 9.10. The van der Waals surface area contributed by atoms with Gasteiger partial charge in [0.05, 0.1) is 12.3 Å². The molecule has 0 aromatic heterocycles. The second kappa shape index (κ2) is 4.94. The molecular formula is C13H12BrNO3. The van der Waals surface area contributed by atoms with Gasteiger partial charge < -0.3 is 10.1 Å². The number of nitrogens with one attached hydrogen (secondary N) is 1. The van der Waals surface area contributed by atoms with Crippen molar-refractivity contribution < 1.29 is 4.74 Å². The van der Waals surface area contributed by atoms with Crippen LogP contribution in [0, 0.1) is 6.92 Å². The summed E-state index contributed by atoms with van der Waals surface area (Å²) in [6.07, 6.45) is 0. The molecule has 2 rings (SSSR count). The fraction of sp³-hybridized carbons (Fsp3) is 0.231. The lowest BCUT2D eigenvalue weighted by Gasteiger charge is -2.14. The molecule has 0 fully saturated rings. The standard InChI is InChI=1S/C13H12BrNO3/c1-3-18-13-10(11(16)12(13)17)15-9-5-4-7(2)6-8(9)14/h4-6,15H,3H2,1-2H3. The maximum atomic E-state index is 11.5. The molecule has 4 nitrogen and oxygen atoms in total. The zero-order chi connectivity index (χ0) is 13.3. The van der Waals surface area contributed by atoms with Crippen LogP contribution < -0.4 is 20.9 Å². The van der Waals surface area contributed by atoms with E-state index in [1.807, 2.05) is 25.1 Å². The van der Waals surface area contributed by atoms with E-state index >= 15 is 0 Å². The number of benzene rings is 1. The summed E-state index contributed by atoms with van der Waals surface area (Å²) in [5.74, 6) is 0.120. The van der Waals surface area contributed by atoms with E-state index in [4.69, 9.17) is 4.74 Å². The van der Waals surface area contributed by atoms with Crippen LogP contribution in [0.5, 0.6) is 5.75 Å². The lowest BCUT2D eigenvalue weighted by molar-refractivity contribution is 0.335. The highest BCUT2D eigenvalue weighted by Gasteiger charge is 2.22. The highest BCUT2D eigenvalue weighted by Crippen LogP contribution is 2.29. The summed E-state index contributed by atoms with van der Waals surface area (Å²) in [7, 11) is 0. The van der Waals surface area contributed by atoms with Gasteiger partial charge in [-0.25, -0.2) is 0 Å². The molecule has 0 unspecified atom stereocenters. The quantitative estimate of drug-likeness (QED) is 0.882. The second-order valence-corrected chi connectivity index (χ2v) is 4.76. The molecule has 0 radical (unpaired) electrons. The molecule has 2 aromatic carbocycles. The zero-order valence-electron chi connectivity index (χ0n) is 10.0. The molecule has 0 atom stereocenters. The molecule has 94 valence electrons. The van der Waals surface area contributed by atoms with Crippen molar-refractivity contribution in [3.8, 4) is 5.75 Å². The van der Waals surface area contributed by atoms with Crippen molar-refractivity contribution in [2.75, 3.05) is 11.9 Å². The normalized spacial score (nSPS) is 10.6. The van der Waals surface area contributed by atoms with Crippen molar-refractivity contribution in [3.63, 3.8) is 0 Å². The Morgan fingerprint density at radius 2 is 2.00 bits per heavy atom. The number of hydrogen-bond donors (Lipinski definition) is 1. The van der Waals surface area contributed by atoms with E-state index in [0.717, 1.165) is 15.7 Å². The van der Waals surface area contributed by atoms with Gasteiger partial charge in [-0.3, -0.25) is 9.59 Å². The molecule has 0 saturated carbocycles. The molecule has 5 heteroatoms. The van der Waals surface area contributed by atoms with Gasteiger partial charge in [-0.15, -0.1) is 0 Å². The lowest BCUT2D eigenvalue weighted by atomic mass is 10.2. The number of rotatable bonds is 4. The summed E-state index contributed by atoms with van der Waals surface area (Å²) in [5.41, 5.74) is 0.955. The van der Waals surface area contributed by atoms with Crippen LogP contribution in [-0.4, -0.2) is 6.61 Å². The fourth-order valence-electron chi connectivity index (χ4n) is 1.62. The van der Waals surface area contributed by atoms with Crippen LogP contribution >= 0.6 is 15.9 Å². The maximum Gasteiger partial charge on any atom is 0.272 e. The third-order valence-electron chi connectivity index (χ3n) is 2.54. The predicted octanol–water partition coefficient (Wildman–Crippen LogP) is 2.50. The van der Waals surface area contributed by atoms with Gasteiger partial charge >= 0.3 is 0 Å². The van der Waals surface area contributed by atoms with Crippen LogP contribution in [0.4, 0.5) is 11.4 Å². The second-order valence-electron chi connectivity index (χ2n) is 3.90. The minimum absolute atomic E-state index is 0.120. The number of ether oxygens (including phenoxy) is 1. The molecule has 0 amide bonds. The van der Waals surface area contributed by atoms with Gasteiger partial charge in [0, 0.05) is 4.47 Å². The van der Waals surface area contributed by atoms with Crippen molar-refractivity contribution in [2.24, 2.45) is 0 Å². The van der Waals surface area contributed by atoms with Crippen LogP contribution in [0.15, 0.2) is 32.3 Å². The topological polar surface area (TPSA) is 55.4 Å². The largest absolute Gasteiger partial charge is 0.488 e. The Morgan fingerprint density at radius 1 is 1.28 bits per heavy atom. The number of aryl methyl sites for hydroxylation is 1. The Morgan fingerprint density at radius 3 is 2.61 bits per heavy atom. The maximum absolute atomic E-state index is 11.5. The Balaban J connectivity index is 2.32. The summed E-state index contributed by atoms with van der Waals surface area (Å²) >= 11 is 3.40. The van der Waals surface area contributed by atoms with E-state index in [1.165, 1.54) is 0 Å². The summed E-state index contributed by atoms with van der Waals surface area (Å²) in [4.78, 5) is 22.8. The summed E-state index contributed by atoms with van der Waals surface area (Å²) in [6, 6.07) is 5.68. The van der Waals surface area contributed by atoms with Gasteiger partial charge in [0.1, 0.15) is 5.69 Å². The van der Waals surface area contributed by atoms with E-state index in [1.54, 1.807) is 6.92 Å². The van der Waals surface area contributed by atoms with Crippen molar-refractivity contribution >= 4 is 27.3 Å². The Bertz CT molecular complexity index is 657. The van der Waals surface area contributed by atoms with Crippen molar-refractivity contribution in [1.82, 2.24) is 0 Å². The molecule has 2 aromatic rings. The van der Waals surface area contributed by atoms with Crippen LogP contribution in [0.25, 0.3) is 0 Å². The van der Waals surface area contributed by atoms with Crippen LogP contribution in [0.2, 0.25) is 0 Å². The molecule has 0 heterocycles. The van der Waals surface area contributed by atoms with E-state index in [-0.39, 0.29) is 11.4 Å². The first kappa shape index (κ1) is 12.8. The molecule has 0 aliphatic carbocycles. The Hall–Kier alpha value is -1.62. The Labute approximate surface area is 112 Å². The average molecular weight is 310 g/mol. The molecule has 1 N–H and O–H groups in total. The van der Waals surface area contributed by atoms with Crippen molar-refractivity contribution in [3.05, 3.63) is 48.7 Å². The lowest BCUT2D eigenvalue weighted by Crippen LogP contribution is -2.35. The molecule has 18 heavy (non-hydrogen) atoms. The van der Waals surface area contributed by atoms with E-state index in [2.05, 4.69) is 21.2 Å². The van der Waals surface area contributed by atoms with E-state index in [9.17, 15) is 9.59 Å². The van der Waals surface area contributed by atoms with Crippen LogP contribution in [-0.2, 0) is 0 Å². The zero-order valence-corrected chi connectivity index (χ0v) is 11.6. The first-order valence-electron chi connectivity index (χ1n) is 5.54. The van der Waals surface area contributed by atoms with Gasteiger partial charge in [-0.1, -0.05) is 6.07 Å². The first-order chi connectivity index (χ1) is 8.54. The minimum atomic E-state index is -0.567. The molecule has 0 spiro atoms. The van der Waals surface area contributed by atoms with E-state index in [0.29, 0.717) is 6.61 Å². The SMILES string of the molecule is CCOc1c(Nc2ccc(C)cc2Br)c(=O)c1=O. The van der Waals surface area contributed by atoms with Crippen molar-refractivity contribution in [1.29, 1.82) is 0 Å². The van der Waals surface area contributed by atoms with Crippen LogP contribution in [0.1, 0.15) is 12.5 Å².